The lowest BCUT2D eigenvalue weighted by Gasteiger charge is -2.04. The maximum atomic E-state index is 11.7. The van der Waals surface area contributed by atoms with E-state index in [0.29, 0.717) is 6.42 Å². The molecule has 1 N–H and O–H groups in total. The van der Waals surface area contributed by atoms with Gasteiger partial charge in [0.15, 0.2) is 0 Å². The van der Waals surface area contributed by atoms with Crippen LogP contribution in [0.5, 0.6) is 0 Å². The van der Waals surface area contributed by atoms with Crippen molar-refractivity contribution < 1.29 is 4.79 Å². The normalized spacial score (nSPS) is 8.40. The van der Waals surface area contributed by atoms with Crippen molar-refractivity contribution in [2.24, 2.45) is 0 Å². The third kappa shape index (κ3) is 7.37. The number of rotatable bonds is 3. The number of hydrogen-bond donors (Lipinski definition) is 1. The van der Waals surface area contributed by atoms with E-state index in [1.54, 1.807) is 0 Å². The molecule has 2 aromatic carbocycles. The highest BCUT2D eigenvalue weighted by Crippen LogP contribution is 2.06. The molecule has 2 nitrogen and oxygen atoms in total. The summed E-state index contributed by atoms with van der Waals surface area (Å²) in [6.07, 6.45) is 0.412. The molecule has 0 aliphatic carbocycles. The summed E-state index contributed by atoms with van der Waals surface area (Å²) in [6, 6.07) is 19.2. The number of amides is 1. The van der Waals surface area contributed by atoms with Crippen LogP contribution in [0.15, 0.2) is 60.7 Å². The summed E-state index contributed by atoms with van der Waals surface area (Å²) in [4.78, 5) is 11.7. The molecule has 2 aromatic rings. The van der Waals surface area contributed by atoms with Gasteiger partial charge in [0.25, 0.3) is 0 Å². The fourth-order valence-electron chi connectivity index (χ4n) is 1.51. The molecule has 0 atom stereocenters. The van der Waals surface area contributed by atoms with Gasteiger partial charge in [0.05, 0.1) is 6.42 Å². The molecule has 2 rings (SSSR count). The number of anilines is 1. The van der Waals surface area contributed by atoms with Gasteiger partial charge >= 0.3 is 0 Å². The Bertz CT molecular complexity index is 408. The minimum Gasteiger partial charge on any atom is -0.326 e. The molecule has 20 heavy (non-hydrogen) atoms. The third-order valence-corrected chi connectivity index (χ3v) is 2.27. The van der Waals surface area contributed by atoms with E-state index >= 15 is 0 Å². The van der Waals surface area contributed by atoms with Gasteiger partial charge in [-0.1, -0.05) is 76.2 Å². The number of hydrogen-bond acceptors (Lipinski definition) is 1. The Kier molecular flexibility index (Phi) is 10.7. The molecule has 0 saturated heterocycles. The fourth-order valence-corrected chi connectivity index (χ4v) is 1.51. The predicted octanol–water partition coefficient (Wildman–Crippen LogP) is 4.92. The predicted molar refractivity (Wildman–Crippen MR) is 87.9 cm³/mol. The van der Waals surface area contributed by atoms with Gasteiger partial charge in [0.2, 0.25) is 5.91 Å². The van der Waals surface area contributed by atoms with Crippen molar-refractivity contribution in [2.75, 3.05) is 5.32 Å². The SMILES string of the molecule is CC.CC.O=C(Cc1ccccc1)Nc1ccccc1. The maximum absolute atomic E-state index is 11.7. The standard InChI is InChI=1S/C14H13NO.2C2H6/c16-14(11-12-7-3-1-4-8-12)15-13-9-5-2-6-10-13;2*1-2/h1-10H,11H2,(H,15,16);2*1-2H3. The molecular weight excluding hydrogens is 246 g/mol. The van der Waals surface area contributed by atoms with Gasteiger partial charge in [-0.05, 0) is 17.7 Å². The zero-order chi connectivity index (χ0) is 15.2. The minimum absolute atomic E-state index is 0.0115. The van der Waals surface area contributed by atoms with Crippen LogP contribution in [0.1, 0.15) is 33.3 Å². The number of carbonyl (C=O) groups excluding carboxylic acids is 1. The first kappa shape index (κ1) is 17.9. The Labute approximate surface area is 122 Å². The zero-order valence-corrected chi connectivity index (χ0v) is 12.9. The highest BCUT2D eigenvalue weighted by molar-refractivity contribution is 5.92. The largest absolute Gasteiger partial charge is 0.326 e. The molecular formula is C18H25NO. The highest BCUT2D eigenvalue weighted by Gasteiger charge is 2.02. The molecule has 108 valence electrons. The van der Waals surface area contributed by atoms with Gasteiger partial charge in [-0.25, -0.2) is 0 Å². The van der Waals surface area contributed by atoms with E-state index in [9.17, 15) is 4.79 Å². The van der Waals surface area contributed by atoms with Crippen LogP contribution >= 0.6 is 0 Å². The summed E-state index contributed by atoms with van der Waals surface area (Å²) < 4.78 is 0. The van der Waals surface area contributed by atoms with E-state index in [1.165, 1.54) is 0 Å². The van der Waals surface area contributed by atoms with Crippen molar-refractivity contribution in [2.45, 2.75) is 34.1 Å². The minimum atomic E-state index is 0.0115. The number of nitrogens with one attached hydrogen (secondary N) is 1. The second-order valence-corrected chi connectivity index (χ2v) is 3.58. The van der Waals surface area contributed by atoms with E-state index in [0.717, 1.165) is 11.3 Å². The number of carbonyl (C=O) groups is 1. The molecule has 0 aliphatic rings. The van der Waals surface area contributed by atoms with E-state index in [-0.39, 0.29) is 5.91 Å². The van der Waals surface area contributed by atoms with Crippen LogP contribution in [-0.4, -0.2) is 5.91 Å². The van der Waals surface area contributed by atoms with E-state index in [1.807, 2.05) is 88.4 Å². The monoisotopic (exact) mass is 271 g/mol. The number of para-hydroxylation sites is 1. The lowest BCUT2D eigenvalue weighted by molar-refractivity contribution is -0.115. The first-order valence-corrected chi connectivity index (χ1v) is 7.23. The third-order valence-electron chi connectivity index (χ3n) is 2.27. The topological polar surface area (TPSA) is 29.1 Å². The summed E-state index contributed by atoms with van der Waals surface area (Å²) >= 11 is 0. The first-order chi connectivity index (χ1) is 9.84. The lowest BCUT2D eigenvalue weighted by Crippen LogP contribution is -2.14. The van der Waals surface area contributed by atoms with Crippen molar-refractivity contribution in [3.05, 3.63) is 66.2 Å². The van der Waals surface area contributed by atoms with Gasteiger partial charge < -0.3 is 5.32 Å². The molecule has 0 spiro atoms. The average molecular weight is 271 g/mol. The van der Waals surface area contributed by atoms with Gasteiger partial charge in [-0.2, -0.15) is 0 Å². The second kappa shape index (κ2) is 12.0. The zero-order valence-electron chi connectivity index (χ0n) is 12.9. The molecule has 0 heterocycles. The molecule has 0 aromatic heterocycles. The van der Waals surface area contributed by atoms with Crippen LogP contribution in [-0.2, 0) is 11.2 Å². The molecule has 0 fully saturated rings. The van der Waals surface area contributed by atoms with Crippen molar-refractivity contribution in [1.82, 2.24) is 0 Å². The van der Waals surface area contributed by atoms with Crippen LogP contribution in [0.3, 0.4) is 0 Å². The van der Waals surface area contributed by atoms with Crippen LogP contribution in [0.4, 0.5) is 5.69 Å². The van der Waals surface area contributed by atoms with E-state index in [2.05, 4.69) is 5.32 Å². The Balaban J connectivity index is 0.000000829. The number of benzene rings is 2. The Morgan fingerprint density at radius 3 is 1.75 bits per heavy atom. The Morgan fingerprint density at radius 2 is 1.25 bits per heavy atom. The molecule has 0 unspecified atom stereocenters. The maximum Gasteiger partial charge on any atom is 0.228 e. The molecule has 0 bridgehead atoms. The van der Waals surface area contributed by atoms with Crippen LogP contribution < -0.4 is 5.32 Å². The van der Waals surface area contributed by atoms with Crippen molar-refractivity contribution in [3.8, 4) is 0 Å². The van der Waals surface area contributed by atoms with Gasteiger partial charge in [-0.15, -0.1) is 0 Å². The Morgan fingerprint density at radius 1 is 0.800 bits per heavy atom. The van der Waals surface area contributed by atoms with Crippen LogP contribution in [0, 0.1) is 0 Å². The van der Waals surface area contributed by atoms with E-state index < -0.39 is 0 Å². The summed E-state index contributed by atoms with van der Waals surface area (Å²) in [5.41, 5.74) is 1.86. The van der Waals surface area contributed by atoms with Gasteiger partial charge in [0, 0.05) is 5.69 Å². The van der Waals surface area contributed by atoms with Crippen molar-refractivity contribution in [3.63, 3.8) is 0 Å². The summed E-state index contributed by atoms with van der Waals surface area (Å²) in [5.74, 6) is 0.0115. The summed E-state index contributed by atoms with van der Waals surface area (Å²) in [5, 5.41) is 2.85. The van der Waals surface area contributed by atoms with Crippen molar-refractivity contribution >= 4 is 11.6 Å². The van der Waals surface area contributed by atoms with Crippen LogP contribution in [0.2, 0.25) is 0 Å². The van der Waals surface area contributed by atoms with Crippen LogP contribution in [0.25, 0.3) is 0 Å². The lowest BCUT2D eigenvalue weighted by atomic mass is 10.1. The Hall–Kier alpha value is -2.09. The average Bonchev–Trinajstić information content (AvgIpc) is 2.53. The molecule has 1 amide bonds. The van der Waals surface area contributed by atoms with Gasteiger partial charge in [-0.3, -0.25) is 4.79 Å². The quantitative estimate of drug-likeness (QED) is 0.843. The van der Waals surface area contributed by atoms with Crippen molar-refractivity contribution in [1.29, 1.82) is 0 Å². The second-order valence-electron chi connectivity index (χ2n) is 3.58. The summed E-state index contributed by atoms with van der Waals surface area (Å²) in [7, 11) is 0. The molecule has 0 radical (unpaired) electrons. The fraction of sp³-hybridized carbons (Fsp3) is 0.278. The van der Waals surface area contributed by atoms with E-state index in [4.69, 9.17) is 0 Å². The first-order valence-electron chi connectivity index (χ1n) is 7.23. The highest BCUT2D eigenvalue weighted by atomic mass is 16.1. The summed E-state index contributed by atoms with van der Waals surface area (Å²) in [6.45, 7) is 8.00. The molecule has 2 heteroatoms. The van der Waals surface area contributed by atoms with Gasteiger partial charge in [0.1, 0.15) is 0 Å². The molecule has 0 aliphatic heterocycles. The molecule has 0 saturated carbocycles. The smallest absolute Gasteiger partial charge is 0.228 e.